The van der Waals surface area contributed by atoms with Gasteiger partial charge >= 0.3 is 0 Å². The molecule has 0 saturated heterocycles. The largest absolute Gasteiger partial charge is 0.0649 e. The Morgan fingerprint density at radius 3 is 2.08 bits per heavy atom. The van der Waals surface area contributed by atoms with Crippen molar-refractivity contribution in [3.63, 3.8) is 0 Å². The van der Waals surface area contributed by atoms with Crippen LogP contribution in [0.1, 0.15) is 54.4 Å². The lowest BCUT2D eigenvalue weighted by Gasteiger charge is -2.56. The van der Waals surface area contributed by atoms with Crippen LogP contribution in [0.4, 0.5) is 0 Å². The average Bonchev–Trinajstić information content (AvgIpc) is 2.00. The van der Waals surface area contributed by atoms with Crippen molar-refractivity contribution < 1.29 is 0 Å². The van der Waals surface area contributed by atoms with Crippen LogP contribution in [0.25, 0.3) is 0 Å². The third-order valence-electron chi connectivity index (χ3n) is 4.50. The van der Waals surface area contributed by atoms with Crippen molar-refractivity contribution in [2.75, 3.05) is 0 Å². The standard InChI is InChI=1S/C12H24/c1-7-11(3,4)10-8-12(5,6)9(10)2/h9-10H,7-8H2,1-6H3. The predicted molar refractivity (Wildman–Crippen MR) is 55.1 cm³/mol. The maximum absolute atomic E-state index is 2.42. The highest BCUT2D eigenvalue weighted by Crippen LogP contribution is 2.57. The van der Waals surface area contributed by atoms with Gasteiger partial charge in [0.1, 0.15) is 0 Å². The van der Waals surface area contributed by atoms with Gasteiger partial charge in [0.05, 0.1) is 0 Å². The Bertz CT molecular complexity index is 165. The second-order valence-electron chi connectivity index (χ2n) is 5.93. The van der Waals surface area contributed by atoms with Gasteiger partial charge in [0, 0.05) is 0 Å². The molecule has 0 heteroatoms. The van der Waals surface area contributed by atoms with Crippen LogP contribution in [0, 0.1) is 22.7 Å². The first-order valence-corrected chi connectivity index (χ1v) is 5.31. The molecule has 1 saturated carbocycles. The van der Waals surface area contributed by atoms with Crippen LogP contribution in [-0.4, -0.2) is 0 Å². The van der Waals surface area contributed by atoms with Gasteiger partial charge in [0.2, 0.25) is 0 Å². The van der Waals surface area contributed by atoms with E-state index in [1.165, 1.54) is 12.8 Å². The smallest absolute Gasteiger partial charge is 0.0323 e. The third kappa shape index (κ3) is 1.41. The first-order chi connectivity index (χ1) is 5.31. The fourth-order valence-corrected chi connectivity index (χ4v) is 2.53. The molecular weight excluding hydrogens is 144 g/mol. The molecule has 0 N–H and O–H groups in total. The summed E-state index contributed by atoms with van der Waals surface area (Å²) in [7, 11) is 0. The fourth-order valence-electron chi connectivity index (χ4n) is 2.53. The van der Waals surface area contributed by atoms with Crippen molar-refractivity contribution in [2.45, 2.75) is 54.4 Å². The Hall–Kier alpha value is 0. The summed E-state index contributed by atoms with van der Waals surface area (Å²) in [5, 5.41) is 0. The molecule has 1 aliphatic carbocycles. The van der Waals surface area contributed by atoms with Crippen molar-refractivity contribution >= 4 is 0 Å². The molecule has 12 heavy (non-hydrogen) atoms. The molecule has 1 rings (SSSR count). The van der Waals surface area contributed by atoms with Crippen molar-refractivity contribution in [1.82, 2.24) is 0 Å². The van der Waals surface area contributed by atoms with E-state index in [-0.39, 0.29) is 0 Å². The molecule has 1 aliphatic rings. The first-order valence-electron chi connectivity index (χ1n) is 5.31. The van der Waals surface area contributed by atoms with Gasteiger partial charge in [-0.25, -0.2) is 0 Å². The molecule has 0 nitrogen and oxygen atoms in total. The molecule has 72 valence electrons. The molecule has 0 aromatic carbocycles. The zero-order chi connectivity index (χ0) is 9.57. The summed E-state index contributed by atoms with van der Waals surface area (Å²) in [6.45, 7) is 14.4. The molecule has 2 unspecified atom stereocenters. The predicted octanol–water partition coefficient (Wildman–Crippen LogP) is 4.10. The monoisotopic (exact) mass is 168 g/mol. The minimum absolute atomic E-state index is 0.564. The first kappa shape index (κ1) is 10.1. The number of rotatable bonds is 2. The van der Waals surface area contributed by atoms with Gasteiger partial charge in [0.15, 0.2) is 0 Å². The van der Waals surface area contributed by atoms with E-state index in [1.807, 2.05) is 0 Å². The minimum Gasteiger partial charge on any atom is -0.0649 e. The molecule has 2 atom stereocenters. The van der Waals surface area contributed by atoms with Crippen LogP contribution in [0.5, 0.6) is 0 Å². The lowest BCUT2D eigenvalue weighted by molar-refractivity contribution is -0.0698. The number of hydrogen-bond donors (Lipinski definition) is 0. The van der Waals surface area contributed by atoms with Gasteiger partial charge in [0.25, 0.3) is 0 Å². The highest BCUT2D eigenvalue weighted by atomic mass is 14.5. The van der Waals surface area contributed by atoms with Crippen molar-refractivity contribution in [1.29, 1.82) is 0 Å². The van der Waals surface area contributed by atoms with E-state index >= 15 is 0 Å². The number of hydrogen-bond acceptors (Lipinski definition) is 0. The molecule has 0 amide bonds. The summed E-state index contributed by atoms with van der Waals surface area (Å²) in [6.07, 6.45) is 2.74. The van der Waals surface area contributed by atoms with E-state index in [9.17, 15) is 0 Å². The van der Waals surface area contributed by atoms with Gasteiger partial charge in [-0.15, -0.1) is 0 Å². The van der Waals surface area contributed by atoms with Crippen LogP contribution in [0.2, 0.25) is 0 Å². The van der Waals surface area contributed by atoms with Crippen molar-refractivity contribution in [3.05, 3.63) is 0 Å². The van der Waals surface area contributed by atoms with Crippen LogP contribution < -0.4 is 0 Å². The average molecular weight is 168 g/mol. The van der Waals surface area contributed by atoms with E-state index in [4.69, 9.17) is 0 Å². The molecule has 0 aliphatic heterocycles. The Labute approximate surface area is 77.7 Å². The Morgan fingerprint density at radius 1 is 1.33 bits per heavy atom. The molecular formula is C12H24. The summed E-state index contributed by atoms with van der Waals surface area (Å²) in [5.41, 5.74) is 1.17. The summed E-state index contributed by atoms with van der Waals surface area (Å²) in [6, 6.07) is 0. The zero-order valence-corrected chi connectivity index (χ0v) is 9.57. The van der Waals surface area contributed by atoms with Gasteiger partial charge in [-0.1, -0.05) is 48.0 Å². The molecule has 0 bridgehead atoms. The summed E-state index contributed by atoms with van der Waals surface area (Å²) >= 11 is 0. The Kier molecular flexibility index (Phi) is 2.31. The summed E-state index contributed by atoms with van der Waals surface area (Å²) in [5.74, 6) is 1.87. The second-order valence-corrected chi connectivity index (χ2v) is 5.93. The Morgan fingerprint density at radius 2 is 1.83 bits per heavy atom. The summed E-state index contributed by atoms with van der Waals surface area (Å²) in [4.78, 5) is 0. The van der Waals surface area contributed by atoms with Crippen LogP contribution >= 0.6 is 0 Å². The van der Waals surface area contributed by atoms with Crippen molar-refractivity contribution in [2.24, 2.45) is 22.7 Å². The maximum Gasteiger partial charge on any atom is -0.0323 e. The third-order valence-corrected chi connectivity index (χ3v) is 4.50. The van der Waals surface area contributed by atoms with Gasteiger partial charge in [-0.2, -0.15) is 0 Å². The lowest BCUT2D eigenvalue weighted by atomic mass is 9.49. The zero-order valence-electron chi connectivity index (χ0n) is 9.57. The van der Waals surface area contributed by atoms with E-state index in [1.54, 1.807) is 0 Å². The topological polar surface area (TPSA) is 0 Å². The lowest BCUT2D eigenvalue weighted by Crippen LogP contribution is -2.48. The van der Waals surface area contributed by atoms with E-state index in [0.29, 0.717) is 10.8 Å². The summed E-state index contributed by atoms with van der Waals surface area (Å²) < 4.78 is 0. The fraction of sp³-hybridized carbons (Fsp3) is 1.00. The Balaban J connectivity index is 2.61. The highest BCUT2D eigenvalue weighted by molar-refractivity contribution is 4.98. The molecule has 0 heterocycles. The molecule has 0 radical (unpaired) electrons. The molecule has 0 aromatic heterocycles. The van der Waals surface area contributed by atoms with E-state index in [0.717, 1.165) is 11.8 Å². The van der Waals surface area contributed by atoms with Crippen LogP contribution in [0.15, 0.2) is 0 Å². The SMILES string of the molecule is CCC(C)(C)C1CC(C)(C)C1C. The van der Waals surface area contributed by atoms with Gasteiger partial charge in [-0.3, -0.25) is 0 Å². The van der Waals surface area contributed by atoms with Crippen LogP contribution in [-0.2, 0) is 0 Å². The molecule has 0 spiro atoms. The van der Waals surface area contributed by atoms with Crippen LogP contribution in [0.3, 0.4) is 0 Å². The quantitative estimate of drug-likeness (QED) is 0.582. The van der Waals surface area contributed by atoms with Gasteiger partial charge in [-0.05, 0) is 29.1 Å². The van der Waals surface area contributed by atoms with E-state index in [2.05, 4.69) is 41.5 Å². The maximum atomic E-state index is 2.42. The van der Waals surface area contributed by atoms with Crippen molar-refractivity contribution in [3.8, 4) is 0 Å². The second kappa shape index (κ2) is 2.75. The molecule has 1 fully saturated rings. The molecule has 0 aromatic rings. The normalized spacial score (nSPS) is 34.5. The minimum atomic E-state index is 0.564. The van der Waals surface area contributed by atoms with Gasteiger partial charge < -0.3 is 0 Å². The van der Waals surface area contributed by atoms with E-state index < -0.39 is 0 Å². The highest BCUT2D eigenvalue weighted by Gasteiger charge is 2.49.